The highest BCUT2D eigenvalue weighted by molar-refractivity contribution is 5.28. The van der Waals surface area contributed by atoms with Crippen molar-refractivity contribution in [2.24, 2.45) is 23.7 Å². The van der Waals surface area contributed by atoms with Crippen molar-refractivity contribution in [2.45, 2.75) is 109 Å². The minimum atomic E-state index is -2.14. The Bertz CT molecular complexity index is 524. The smallest absolute Gasteiger partial charge is 0.189 e. The van der Waals surface area contributed by atoms with Crippen LogP contribution < -0.4 is 0 Å². The van der Waals surface area contributed by atoms with E-state index in [9.17, 15) is 8.78 Å². The summed E-state index contributed by atoms with van der Waals surface area (Å²) in [6.07, 6.45) is 18.5. The van der Waals surface area contributed by atoms with Crippen molar-refractivity contribution < 1.29 is 13.2 Å². The lowest BCUT2D eigenvalue weighted by molar-refractivity contribution is 0.0174. The molecule has 0 heterocycles. The molecular weight excluding hydrogens is 357 g/mol. The molecule has 0 aliphatic heterocycles. The van der Waals surface area contributed by atoms with Gasteiger partial charge in [0.25, 0.3) is 0 Å². The number of hydrogen-bond donors (Lipinski definition) is 0. The summed E-state index contributed by atoms with van der Waals surface area (Å²) in [6, 6.07) is 0. The second-order valence-electron chi connectivity index (χ2n) is 9.78. The van der Waals surface area contributed by atoms with Crippen molar-refractivity contribution in [1.82, 2.24) is 0 Å². The molecule has 160 valence electrons. The minimum absolute atomic E-state index is 0.381. The summed E-state index contributed by atoms with van der Waals surface area (Å²) in [6.45, 7) is 2.27. The second-order valence-corrected chi connectivity index (χ2v) is 9.78. The maximum Gasteiger partial charge on any atom is 0.189 e. The zero-order chi connectivity index (χ0) is 20.0. The van der Waals surface area contributed by atoms with Crippen molar-refractivity contribution in [3.8, 4) is 0 Å². The summed E-state index contributed by atoms with van der Waals surface area (Å²) >= 11 is 0. The summed E-state index contributed by atoms with van der Waals surface area (Å²) < 4.78 is 42.8. The topological polar surface area (TPSA) is 0 Å². The third kappa shape index (κ3) is 5.45. The van der Waals surface area contributed by atoms with Gasteiger partial charge in [0.15, 0.2) is 11.8 Å². The summed E-state index contributed by atoms with van der Waals surface area (Å²) in [5, 5.41) is 0. The second kappa shape index (κ2) is 10.3. The molecule has 0 amide bonds. The van der Waals surface area contributed by atoms with Gasteiger partial charge in [-0.2, -0.15) is 0 Å². The third-order valence-corrected chi connectivity index (χ3v) is 7.88. The number of unbranched alkanes of at least 4 members (excludes halogenated alkanes) is 2. The molecule has 3 aliphatic carbocycles. The molecule has 0 aromatic carbocycles. The van der Waals surface area contributed by atoms with Crippen LogP contribution in [-0.2, 0) is 0 Å². The van der Waals surface area contributed by atoms with Gasteiger partial charge in [-0.15, -0.1) is 0 Å². The molecule has 28 heavy (non-hydrogen) atoms. The van der Waals surface area contributed by atoms with Crippen LogP contribution >= 0.6 is 0 Å². The fourth-order valence-electron chi connectivity index (χ4n) is 5.87. The molecular formula is C25H39F3. The van der Waals surface area contributed by atoms with E-state index in [1.54, 1.807) is 0 Å². The molecule has 0 aromatic heterocycles. The van der Waals surface area contributed by atoms with E-state index in [1.165, 1.54) is 76.4 Å². The Labute approximate surface area is 170 Å². The summed E-state index contributed by atoms with van der Waals surface area (Å²) in [5.41, 5.74) is -2.14. The Morgan fingerprint density at radius 1 is 0.857 bits per heavy atom. The number of halogens is 3. The largest absolute Gasteiger partial charge is 0.236 e. The predicted octanol–water partition coefficient (Wildman–Crippen LogP) is 8.43. The van der Waals surface area contributed by atoms with Crippen molar-refractivity contribution in [3.63, 3.8) is 0 Å². The zero-order valence-corrected chi connectivity index (χ0v) is 17.7. The molecule has 0 aromatic rings. The van der Waals surface area contributed by atoms with Crippen LogP contribution in [-0.4, -0.2) is 11.8 Å². The Hall–Kier alpha value is -0.730. The molecule has 3 aliphatic rings. The molecule has 0 bridgehead atoms. The molecule has 2 saturated carbocycles. The lowest BCUT2D eigenvalue weighted by Gasteiger charge is -2.39. The molecule has 0 radical (unpaired) electrons. The number of hydrogen-bond acceptors (Lipinski definition) is 0. The van der Waals surface area contributed by atoms with Gasteiger partial charge in [-0.1, -0.05) is 90.0 Å². The molecule has 2 atom stereocenters. The molecule has 3 heteroatoms. The molecule has 0 N–H and O–H groups in total. The van der Waals surface area contributed by atoms with E-state index in [2.05, 4.69) is 6.92 Å². The highest BCUT2D eigenvalue weighted by Crippen LogP contribution is 2.46. The Morgan fingerprint density at radius 3 is 1.96 bits per heavy atom. The van der Waals surface area contributed by atoms with Crippen LogP contribution in [0, 0.1) is 23.7 Å². The van der Waals surface area contributed by atoms with Crippen molar-refractivity contribution in [3.05, 3.63) is 24.1 Å². The SMILES string of the molecule is CCCCCC1CCC(CCC2CCC(C3(F)C=CC=C(F)C3F)CC2)CC1. The molecule has 0 saturated heterocycles. The van der Waals surface area contributed by atoms with Gasteiger partial charge in [0.1, 0.15) is 5.83 Å². The van der Waals surface area contributed by atoms with Crippen molar-refractivity contribution >= 4 is 0 Å². The van der Waals surface area contributed by atoms with Gasteiger partial charge in [0, 0.05) is 5.92 Å². The fraction of sp³-hybridized carbons (Fsp3) is 0.840. The lowest BCUT2D eigenvalue weighted by atomic mass is 9.69. The minimum Gasteiger partial charge on any atom is -0.236 e. The third-order valence-electron chi connectivity index (χ3n) is 7.88. The summed E-state index contributed by atoms with van der Waals surface area (Å²) in [5.74, 6) is 1.15. The van der Waals surface area contributed by atoms with Gasteiger partial charge >= 0.3 is 0 Å². The van der Waals surface area contributed by atoms with Crippen LogP contribution in [0.25, 0.3) is 0 Å². The maximum absolute atomic E-state index is 15.1. The quantitative estimate of drug-likeness (QED) is 0.361. The highest BCUT2D eigenvalue weighted by Gasteiger charge is 2.48. The number of alkyl halides is 2. The zero-order valence-electron chi connectivity index (χ0n) is 17.7. The van der Waals surface area contributed by atoms with Gasteiger partial charge in [0.2, 0.25) is 0 Å². The Morgan fingerprint density at radius 2 is 1.39 bits per heavy atom. The van der Waals surface area contributed by atoms with Crippen LogP contribution in [0.4, 0.5) is 13.2 Å². The van der Waals surface area contributed by atoms with Crippen molar-refractivity contribution in [1.29, 1.82) is 0 Å². The summed E-state index contributed by atoms with van der Waals surface area (Å²) in [7, 11) is 0. The number of allylic oxidation sites excluding steroid dienone is 4. The maximum atomic E-state index is 15.1. The first kappa shape index (κ1) is 22.0. The van der Waals surface area contributed by atoms with Crippen LogP contribution in [0.5, 0.6) is 0 Å². The van der Waals surface area contributed by atoms with E-state index >= 15 is 4.39 Å². The first-order valence-corrected chi connectivity index (χ1v) is 11.9. The van der Waals surface area contributed by atoms with Gasteiger partial charge in [-0.05, 0) is 42.7 Å². The van der Waals surface area contributed by atoms with Crippen LogP contribution in [0.2, 0.25) is 0 Å². The van der Waals surface area contributed by atoms with Crippen molar-refractivity contribution in [2.75, 3.05) is 0 Å². The van der Waals surface area contributed by atoms with Crippen LogP contribution in [0.15, 0.2) is 24.1 Å². The average molecular weight is 397 g/mol. The molecule has 3 rings (SSSR count). The van der Waals surface area contributed by atoms with Gasteiger partial charge in [-0.3, -0.25) is 0 Å². The first-order chi connectivity index (χ1) is 13.5. The highest BCUT2D eigenvalue weighted by atomic mass is 19.2. The monoisotopic (exact) mass is 396 g/mol. The molecule has 0 spiro atoms. The van der Waals surface area contributed by atoms with E-state index in [0.717, 1.165) is 30.8 Å². The van der Waals surface area contributed by atoms with Gasteiger partial charge in [0.05, 0.1) is 0 Å². The molecule has 0 nitrogen and oxygen atoms in total. The first-order valence-electron chi connectivity index (χ1n) is 11.9. The Kier molecular flexibility index (Phi) is 8.12. The lowest BCUT2D eigenvalue weighted by Crippen LogP contribution is -2.44. The number of rotatable bonds is 8. The molecule has 2 unspecified atom stereocenters. The molecule has 2 fully saturated rings. The van der Waals surface area contributed by atoms with Crippen LogP contribution in [0.1, 0.15) is 96.8 Å². The van der Waals surface area contributed by atoms with E-state index in [1.807, 2.05) is 0 Å². The standard InChI is InChI=1S/C25H39F3/c1-2-3-4-6-19-8-10-20(11-9-19)12-13-21-14-16-22(17-15-21)25(28)18-5-7-23(26)24(25)27/h5,7,18-22,24H,2-4,6,8-17H2,1H3. The Balaban J connectivity index is 1.34. The van der Waals surface area contributed by atoms with Gasteiger partial charge < -0.3 is 0 Å². The normalized spacial score (nSPS) is 39.0. The van der Waals surface area contributed by atoms with E-state index < -0.39 is 17.7 Å². The van der Waals surface area contributed by atoms with Crippen LogP contribution in [0.3, 0.4) is 0 Å². The van der Waals surface area contributed by atoms with E-state index in [4.69, 9.17) is 0 Å². The fourth-order valence-corrected chi connectivity index (χ4v) is 5.87. The van der Waals surface area contributed by atoms with Gasteiger partial charge in [-0.25, -0.2) is 13.2 Å². The summed E-state index contributed by atoms with van der Waals surface area (Å²) in [4.78, 5) is 0. The average Bonchev–Trinajstić information content (AvgIpc) is 2.72. The van der Waals surface area contributed by atoms with E-state index in [0.29, 0.717) is 18.8 Å². The van der Waals surface area contributed by atoms with E-state index in [-0.39, 0.29) is 5.92 Å². The predicted molar refractivity (Wildman–Crippen MR) is 111 cm³/mol.